The molecule has 5 aromatic rings. The van der Waals surface area contributed by atoms with Crippen molar-refractivity contribution < 1.29 is 22.7 Å². The SMILES string of the molecule is Cc1ccc(-n2c(SCC(=O)Nc3ccc(OC(F)(F)F)cc3)nc3c([nH]c4ccccc43)c2=O)cc1. The Labute approximate surface area is 212 Å². The molecular formula is C26H19F3N4O3S. The Morgan fingerprint density at radius 2 is 1.76 bits per heavy atom. The maximum atomic E-state index is 13.6. The van der Waals surface area contributed by atoms with E-state index in [1.165, 1.54) is 16.7 Å². The smallest absolute Gasteiger partial charge is 0.406 e. The Morgan fingerprint density at radius 1 is 1.05 bits per heavy atom. The number of thioether (sulfide) groups is 1. The van der Waals surface area contributed by atoms with Gasteiger partial charge in [0.15, 0.2) is 5.16 Å². The van der Waals surface area contributed by atoms with E-state index in [-0.39, 0.29) is 11.3 Å². The maximum Gasteiger partial charge on any atom is 0.573 e. The highest BCUT2D eigenvalue weighted by Crippen LogP contribution is 2.27. The molecule has 0 aliphatic carbocycles. The van der Waals surface area contributed by atoms with E-state index in [1.807, 2.05) is 55.5 Å². The number of aromatic amines is 1. The van der Waals surface area contributed by atoms with Crippen molar-refractivity contribution in [2.24, 2.45) is 0 Å². The number of benzene rings is 3. The zero-order valence-electron chi connectivity index (χ0n) is 19.3. The largest absolute Gasteiger partial charge is 0.573 e. The second-order valence-electron chi connectivity index (χ2n) is 8.17. The Kier molecular flexibility index (Phi) is 6.38. The van der Waals surface area contributed by atoms with Crippen LogP contribution in [0.1, 0.15) is 5.56 Å². The number of carbonyl (C=O) groups excluding carboxylic acids is 1. The van der Waals surface area contributed by atoms with Gasteiger partial charge in [-0.3, -0.25) is 14.2 Å². The highest BCUT2D eigenvalue weighted by Gasteiger charge is 2.31. The first kappa shape index (κ1) is 24.4. The number of aromatic nitrogens is 3. The van der Waals surface area contributed by atoms with Gasteiger partial charge in [0.05, 0.1) is 11.4 Å². The lowest BCUT2D eigenvalue weighted by molar-refractivity contribution is -0.274. The molecule has 0 aliphatic heterocycles. The van der Waals surface area contributed by atoms with Crippen molar-refractivity contribution in [2.75, 3.05) is 11.1 Å². The number of nitrogens with zero attached hydrogens (tertiary/aromatic N) is 2. The van der Waals surface area contributed by atoms with Crippen molar-refractivity contribution in [3.8, 4) is 11.4 Å². The maximum absolute atomic E-state index is 13.6. The molecule has 7 nitrogen and oxygen atoms in total. The fourth-order valence-electron chi connectivity index (χ4n) is 3.83. The molecule has 37 heavy (non-hydrogen) atoms. The highest BCUT2D eigenvalue weighted by molar-refractivity contribution is 7.99. The van der Waals surface area contributed by atoms with Gasteiger partial charge in [-0.15, -0.1) is 13.2 Å². The lowest BCUT2D eigenvalue weighted by atomic mass is 10.2. The van der Waals surface area contributed by atoms with Gasteiger partial charge in [0.25, 0.3) is 5.56 Å². The third-order valence-corrected chi connectivity index (χ3v) is 6.43. The van der Waals surface area contributed by atoms with Gasteiger partial charge < -0.3 is 15.0 Å². The average Bonchev–Trinajstić information content (AvgIpc) is 3.23. The second kappa shape index (κ2) is 9.66. The molecule has 1 amide bonds. The fourth-order valence-corrected chi connectivity index (χ4v) is 4.63. The lowest BCUT2D eigenvalue weighted by Gasteiger charge is -2.13. The molecule has 3 aromatic carbocycles. The molecular weight excluding hydrogens is 505 g/mol. The van der Waals surface area contributed by atoms with Gasteiger partial charge in [0.2, 0.25) is 5.91 Å². The molecule has 2 N–H and O–H groups in total. The predicted octanol–water partition coefficient (Wildman–Crippen LogP) is 5.80. The van der Waals surface area contributed by atoms with Crippen LogP contribution in [-0.2, 0) is 4.79 Å². The van der Waals surface area contributed by atoms with E-state index in [1.54, 1.807) is 0 Å². The van der Waals surface area contributed by atoms with Crippen LogP contribution in [0.5, 0.6) is 5.75 Å². The van der Waals surface area contributed by atoms with E-state index >= 15 is 0 Å². The number of ether oxygens (including phenoxy) is 1. The number of para-hydroxylation sites is 1. The molecule has 2 aromatic heterocycles. The van der Waals surface area contributed by atoms with Crippen LogP contribution in [0, 0.1) is 6.92 Å². The van der Waals surface area contributed by atoms with Crippen LogP contribution in [0.3, 0.4) is 0 Å². The number of rotatable bonds is 6. The van der Waals surface area contributed by atoms with Gasteiger partial charge >= 0.3 is 6.36 Å². The van der Waals surface area contributed by atoms with Gasteiger partial charge in [0.1, 0.15) is 16.8 Å². The minimum Gasteiger partial charge on any atom is -0.406 e. The zero-order valence-corrected chi connectivity index (χ0v) is 20.1. The van der Waals surface area contributed by atoms with Crippen LogP contribution in [0.15, 0.2) is 82.7 Å². The Hall–Kier alpha value is -4.25. The quantitative estimate of drug-likeness (QED) is 0.216. The summed E-state index contributed by atoms with van der Waals surface area (Å²) in [6.45, 7) is 1.94. The number of aryl methyl sites for hydroxylation is 1. The van der Waals surface area contributed by atoms with Crippen LogP contribution in [0.25, 0.3) is 27.6 Å². The van der Waals surface area contributed by atoms with Crippen molar-refractivity contribution >= 4 is 45.3 Å². The number of amides is 1. The van der Waals surface area contributed by atoms with Crippen LogP contribution < -0.4 is 15.6 Å². The summed E-state index contributed by atoms with van der Waals surface area (Å²) in [7, 11) is 0. The van der Waals surface area contributed by atoms with Crippen LogP contribution in [0.2, 0.25) is 0 Å². The summed E-state index contributed by atoms with van der Waals surface area (Å²) in [5.74, 6) is -0.899. The number of hydrogen-bond donors (Lipinski definition) is 2. The molecule has 0 aliphatic rings. The number of hydrogen-bond acceptors (Lipinski definition) is 5. The standard InChI is InChI=1S/C26H19F3N4O3S/c1-15-6-10-17(11-7-15)33-24(35)23-22(19-4-2-3-5-20(19)31-23)32-25(33)37-14-21(34)30-16-8-12-18(13-9-16)36-26(27,28)29/h2-13,31H,14H2,1H3,(H,30,34). The number of nitrogens with one attached hydrogen (secondary N) is 2. The minimum atomic E-state index is -4.80. The normalized spacial score (nSPS) is 11.7. The van der Waals surface area contributed by atoms with E-state index in [4.69, 9.17) is 4.98 Å². The lowest BCUT2D eigenvalue weighted by Crippen LogP contribution is -2.23. The first-order chi connectivity index (χ1) is 17.7. The molecule has 5 rings (SSSR count). The number of H-pyrrole nitrogens is 1. The number of alkyl halides is 3. The van der Waals surface area contributed by atoms with Crippen LogP contribution in [-0.4, -0.2) is 32.6 Å². The van der Waals surface area contributed by atoms with Crippen molar-refractivity contribution in [1.29, 1.82) is 0 Å². The molecule has 0 bridgehead atoms. The molecule has 188 valence electrons. The summed E-state index contributed by atoms with van der Waals surface area (Å²) in [4.78, 5) is 34.1. The molecule has 2 heterocycles. The van der Waals surface area contributed by atoms with Gasteiger partial charge in [-0.25, -0.2) is 4.98 Å². The summed E-state index contributed by atoms with van der Waals surface area (Å²) in [6.07, 6.45) is -4.80. The van der Waals surface area contributed by atoms with Crippen molar-refractivity contribution in [3.05, 3.63) is 88.7 Å². The van der Waals surface area contributed by atoms with Crippen LogP contribution in [0.4, 0.5) is 18.9 Å². The Balaban J connectivity index is 1.43. The third kappa shape index (κ3) is 5.31. The first-order valence-electron chi connectivity index (χ1n) is 11.1. The molecule has 0 spiro atoms. The fraction of sp³-hybridized carbons (Fsp3) is 0.115. The predicted molar refractivity (Wildman–Crippen MR) is 136 cm³/mol. The number of carbonyl (C=O) groups is 1. The average molecular weight is 525 g/mol. The molecule has 11 heteroatoms. The van der Waals surface area contributed by atoms with Crippen LogP contribution >= 0.6 is 11.8 Å². The topological polar surface area (TPSA) is 89.0 Å². The number of fused-ring (bicyclic) bond motifs is 3. The van der Waals surface area contributed by atoms with Crippen molar-refractivity contribution in [3.63, 3.8) is 0 Å². The summed E-state index contributed by atoms with van der Waals surface area (Å²) in [6, 6.07) is 19.6. The summed E-state index contributed by atoms with van der Waals surface area (Å²) < 4.78 is 42.4. The Bertz CT molecular complexity index is 1660. The minimum absolute atomic E-state index is 0.0903. The van der Waals surface area contributed by atoms with E-state index in [2.05, 4.69) is 15.0 Å². The molecule has 0 fully saturated rings. The Morgan fingerprint density at radius 3 is 2.46 bits per heavy atom. The molecule has 0 saturated heterocycles. The monoisotopic (exact) mass is 524 g/mol. The molecule has 0 unspecified atom stereocenters. The van der Waals surface area contributed by atoms with Gasteiger partial charge in [0, 0.05) is 16.6 Å². The van der Waals surface area contributed by atoms with Gasteiger partial charge in [-0.05, 0) is 49.4 Å². The van der Waals surface area contributed by atoms with Crippen molar-refractivity contribution in [2.45, 2.75) is 18.4 Å². The summed E-state index contributed by atoms with van der Waals surface area (Å²) in [5.41, 5.74) is 3.27. The first-order valence-corrected chi connectivity index (χ1v) is 12.1. The second-order valence-corrected chi connectivity index (χ2v) is 9.12. The van der Waals surface area contributed by atoms with Gasteiger partial charge in [-0.1, -0.05) is 47.7 Å². The van der Waals surface area contributed by atoms with Gasteiger partial charge in [-0.2, -0.15) is 0 Å². The van der Waals surface area contributed by atoms with E-state index < -0.39 is 18.0 Å². The molecule has 0 radical (unpaired) electrons. The number of halogens is 3. The molecule has 0 atom stereocenters. The van der Waals surface area contributed by atoms with E-state index in [0.717, 1.165) is 40.4 Å². The van der Waals surface area contributed by atoms with Crippen molar-refractivity contribution in [1.82, 2.24) is 14.5 Å². The number of anilines is 1. The summed E-state index contributed by atoms with van der Waals surface area (Å²) in [5, 5.41) is 3.75. The van der Waals surface area contributed by atoms with E-state index in [0.29, 0.717) is 27.6 Å². The van der Waals surface area contributed by atoms with E-state index in [9.17, 15) is 22.8 Å². The highest BCUT2D eigenvalue weighted by atomic mass is 32.2. The third-order valence-electron chi connectivity index (χ3n) is 5.49. The molecule has 0 saturated carbocycles. The summed E-state index contributed by atoms with van der Waals surface area (Å²) >= 11 is 1.08. The zero-order chi connectivity index (χ0) is 26.2.